The van der Waals surface area contributed by atoms with Crippen LogP contribution in [0, 0.1) is 0 Å². The van der Waals surface area contributed by atoms with E-state index in [0.717, 1.165) is 22.4 Å². The van der Waals surface area contributed by atoms with E-state index in [1.54, 1.807) is 0 Å². The van der Waals surface area contributed by atoms with Crippen molar-refractivity contribution in [2.45, 2.75) is 0 Å². The van der Waals surface area contributed by atoms with Gasteiger partial charge in [0.05, 0.1) is 5.69 Å². The standard InChI is InChI=1S/C16H12N2OS/c17-15(19)16-18-14(10-20-16)13-9-5-4-8-12(13)11-6-2-1-3-7-11/h1-10H,(H2,17,19). The smallest absolute Gasteiger partial charge is 0.277 e. The van der Waals surface area contributed by atoms with Crippen molar-refractivity contribution in [3.05, 3.63) is 65.0 Å². The number of primary amides is 1. The third kappa shape index (κ3) is 2.33. The fourth-order valence-electron chi connectivity index (χ4n) is 2.09. The Bertz CT molecular complexity index is 750. The van der Waals surface area contributed by atoms with E-state index in [9.17, 15) is 4.79 Å². The van der Waals surface area contributed by atoms with Crippen LogP contribution in [0.1, 0.15) is 9.80 Å². The van der Waals surface area contributed by atoms with E-state index in [4.69, 9.17) is 5.73 Å². The Labute approximate surface area is 120 Å². The van der Waals surface area contributed by atoms with Crippen molar-refractivity contribution in [1.29, 1.82) is 0 Å². The molecule has 3 rings (SSSR count). The number of hydrogen-bond acceptors (Lipinski definition) is 3. The summed E-state index contributed by atoms with van der Waals surface area (Å²) in [6.45, 7) is 0. The molecule has 2 N–H and O–H groups in total. The molecule has 3 nitrogen and oxygen atoms in total. The summed E-state index contributed by atoms with van der Waals surface area (Å²) in [7, 11) is 0. The zero-order valence-electron chi connectivity index (χ0n) is 10.6. The first kappa shape index (κ1) is 12.6. The Morgan fingerprint density at radius 1 is 0.950 bits per heavy atom. The molecule has 0 aliphatic carbocycles. The van der Waals surface area contributed by atoms with Crippen molar-refractivity contribution in [2.24, 2.45) is 5.73 Å². The van der Waals surface area contributed by atoms with Crippen molar-refractivity contribution >= 4 is 17.2 Å². The Kier molecular flexibility index (Phi) is 3.31. The maximum Gasteiger partial charge on any atom is 0.277 e. The number of carbonyl (C=O) groups is 1. The van der Waals surface area contributed by atoms with E-state index in [-0.39, 0.29) is 0 Å². The molecule has 0 saturated carbocycles. The molecule has 0 aliphatic heterocycles. The lowest BCUT2D eigenvalue weighted by molar-refractivity contribution is 0.1000. The second-order valence-corrected chi connectivity index (χ2v) is 5.17. The predicted molar refractivity (Wildman–Crippen MR) is 81.5 cm³/mol. The minimum atomic E-state index is -0.488. The quantitative estimate of drug-likeness (QED) is 0.797. The number of hydrogen-bond donors (Lipinski definition) is 1. The molecule has 2 aromatic carbocycles. The van der Waals surface area contributed by atoms with Gasteiger partial charge in [-0.1, -0.05) is 54.6 Å². The molecule has 1 heterocycles. The lowest BCUT2D eigenvalue weighted by Gasteiger charge is -2.07. The Hall–Kier alpha value is -2.46. The van der Waals surface area contributed by atoms with Crippen molar-refractivity contribution in [2.75, 3.05) is 0 Å². The number of rotatable bonds is 3. The highest BCUT2D eigenvalue weighted by atomic mass is 32.1. The lowest BCUT2D eigenvalue weighted by Crippen LogP contribution is -2.10. The molecule has 1 aromatic heterocycles. The molecule has 20 heavy (non-hydrogen) atoms. The molecule has 0 unspecified atom stereocenters. The van der Waals surface area contributed by atoms with Gasteiger partial charge in [0.1, 0.15) is 0 Å². The maximum absolute atomic E-state index is 11.2. The topological polar surface area (TPSA) is 56.0 Å². The molecule has 0 fully saturated rings. The monoisotopic (exact) mass is 280 g/mol. The van der Waals surface area contributed by atoms with Crippen LogP contribution in [0.5, 0.6) is 0 Å². The molecule has 0 radical (unpaired) electrons. The van der Waals surface area contributed by atoms with E-state index < -0.39 is 5.91 Å². The molecule has 1 amide bonds. The summed E-state index contributed by atoms with van der Waals surface area (Å²) in [4.78, 5) is 15.5. The average molecular weight is 280 g/mol. The van der Waals surface area contributed by atoms with Gasteiger partial charge in [0.2, 0.25) is 0 Å². The van der Waals surface area contributed by atoms with Crippen molar-refractivity contribution in [3.8, 4) is 22.4 Å². The minimum absolute atomic E-state index is 0.336. The summed E-state index contributed by atoms with van der Waals surface area (Å²) in [5.41, 5.74) is 9.26. The fraction of sp³-hybridized carbons (Fsp3) is 0. The van der Waals surface area contributed by atoms with Crippen molar-refractivity contribution < 1.29 is 4.79 Å². The van der Waals surface area contributed by atoms with Gasteiger partial charge in [0.25, 0.3) is 5.91 Å². The van der Waals surface area contributed by atoms with Gasteiger partial charge in [0, 0.05) is 10.9 Å². The molecule has 3 aromatic rings. The number of thiazole rings is 1. The molecular weight excluding hydrogens is 268 g/mol. The number of amides is 1. The van der Waals surface area contributed by atoms with E-state index >= 15 is 0 Å². The number of aromatic nitrogens is 1. The highest BCUT2D eigenvalue weighted by Gasteiger charge is 2.12. The van der Waals surface area contributed by atoms with E-state index in [1.807, 2.05) is 47.8 Å². The molecule has 0 atom stereocenters. The largest absolute Gasteiger partial charge is 0.364 e. The van der Waals surface area contributed by atoms with Gasteiger partial charge in [-0.3, -0.25) is 4.79 Å². The number of nitrogens with two attached hydrogens (primary N) is 1. The van der Waals surface area contributed by atoms with Gasteiger partial charge >= 0.3 is 0 Å². The van der Waals surface area contributed by atoms with Gasteiger partial charge in [-0.25, -0.2) is 4.98 Å². The zero-order valence-corrected chi connectivity index (χ0v) is 11.4. The summed E-state index contributed by atoms with van der Waals surface area (Å²) in [5, 5.41) is 2.20. The summed E-state index contributed by atoms with van der Waals surface area (Å²) in [5.74, 6) is -0.488. The summed E-state index contributed by atoms with van der Waals surface area (Å²) < 4.78 is 0. The minimum Gasteiger partial charge on any atom is -0.364 e. The highest BCUT2D eigenvalue weighted by Crippen LogP contribution is 2.32. The summed E-state index contributed by atoms with van der Waals surface area (Å²) in [6.07, 6.45) is 0. The fourth-order valence-corrected chi connectivity index (χ4v) is 2.76. The van der Waals surface area contributed by atoms with Crippen LogP contribution in [-0.2, 0) is 0 Å². The molecule has 0 bridgehead atoms. The first-order valence-electron chi connectivity index (χ1n) is 6.16. The van der Waals surface area contributed by atoms with E-state index in [2.05, 4.69) is 17.1 Å². The maximum atomic E-state index is 11.2. The van der Waals surface area contributed by atoms with Crippen LogP contribution in [0.25, 0.3) is 22.4 Å². The third-order valence-electron chi connectivity index (χ3n) is 3.00. The number of benzene rings is 2. The van der Waals surface area contributed by atoms with E-state index in [0.29, 0.717) is 5.01 Å². The van der Waals surface area contributed by atoms with Crippen LogP contribution in [-0.4, -0.2) is 10.9 Å². The predicted octanol–water partition coefficient (Wildman–Crippen LogP) is 3.58. The number of carbonyl (C=O) groups excluding carboxylic acids is 1. The molecule has 0 saturated heterocycles. The van der Waals surface area contributed by atoms with Crippen molar-refractivity contribution in [3.63, 3.8) is 0 Å². The van der Waals surface area contributed by atoms with Crippen LogP contribution in [0.15, 0.2) is 60.0 Å². The third-order valence-corrected chi connectivity index (χ3v) is 3.86. The van der Waals surface area contributed by atoms with Crippen LogP contribution in [0.4, 0.5) is 0 Å². The van der Waals surface area contributed by atoms with Crippen LogP contribution in [0.3, 0.4) is 0 Å². The van der Waals surface area contributed by atoms with Crippen LogP contribution in [0.2, 0.25) is 0 Å². The second kappa shape index (κ2) is 5.27. The average Bonchev–Trinajstić information content (AvgIpc) is 2.98. The highest BCUT2D eigenvalue weighted by molar-refractivity contribution is 7.12. The SMILES string of the molecule is NC(=O)c1nc(-c2ccccc2-c2ccccc2)cs1. The van der Waals surface area contributed by atoms with Gasteiger partial charge in [0.15, 0.2) is 5.01 Å². The molecule has 4 heteroatoms. The zero-order chi connectivity index (χ0) is 13.9. The molecule has 98 valence electrons. The summed E-state index contributed by atoms with van der Waals surface area (Å²) >= 11 is 1.27. The van der Waals surface area contributed by atoms with E-state index in [1.165, 1.54) is 11.3 Å². The Morgan fingerprint density at radius 2 is 1.60 bits per heavy atom. The van der Waals surface area contributed by atoms with Crippen molar-refractivity contribution in [1.82, 2.24) is 4.98 Å². The number of nitrogens with zero attached hydrogens (tertiary/aromatic N) is 1. The van der Waals surface area contributed by atoms with Crippen LogP contribution >= 0.6 is 11.3 Å². The Morgan fingerprint density at radius 3 is 2.25 bits per heavy atom. The lowest BCUT2D eigenvalue weighted by atomic mass is 9.98. The van der Waals surface area contributed by atoms with Gasteiger partial charge in [-0.2, -0.15) is 0 Å². The molecule has 0 aliphatic rings. The first-order chi connectivity index (χ1) is 9.75. The molecular formula is C16H12N2OS. The first-order valence-corrected chi connectivity index (χ1v) is 7.04. The van der Waals surface area contributed by atoms with Gasteiger partial charge in [-0.15, -0.1) is 11.3 Å². The second-order valence-electron chi connectivity index (χ2n) is 4.31. The summed E-state index contributed by atoms with van der Waals surface area (Å²) in [6, 6.07) is 18.1. The van der Waals surface area contributed by atoms with Gasteiger partial charge in [-0.05, 0) is 11.1 Å². The Balaban J connectivity index is 2.12. The van der Waals surface area contributed by atoms with Crippen LogP contribution < -0.4 is 5.73 Å². The van der Waals surface area contributed by atoms with Gasteiger partial charge < -0.3 is 5.73 Å². The molecule has 0 spiro atoms. The normalized spacial score (nSPS) is 10.4.